The topological polar surface area (TPSA) is 140 Å². The molecule has 0 aliphatic heterocycles. The van der Waals surface area contributed by atoms with Crippen molar-refractivity contribution in [2.45, 2.75) is 51.1 Å². The van der Waals surface area contributed by atoms with E-state index >= 15 is 0 Å². The summed E-state index contributed by atoms with van der Waals surface area (Å²) in [4.78, 5) is 15.2. The van der Waals surface area contributed by atoms with E-state index in [1.54, 1.807) is 24.3 Å². The summed E-state index contributed by atoms with van der Waals surface area (Å²) in [6, 6.07) is 38.8. The van der Waals surface area contributed by atoms with Gasteiger partial charge < -0.3 is 25.5 Å². The second-order valence-electron chi connectivity index (χ2n) is 15.6. The molecule has 1 aromatic heterocycles. The van der Waals surface area contributed by atoms with Gasteiger partial charge in [0, 0.05) is 38.6 Å². The van der Waals surface area contributed by atoms with Crippen LogP contribution in [0.1, 0.15) is 73.7 Å². The zero-order valence-corrected chi connectivity index (χ0v) is 30.8. The van der Waals surface area contributed by atoms with Crippen LogP contribution in [0.2, 0.25) is 0 Å². The maximum absolute atomic E-state index is 9.92. The smallest absolute Gasteiger partial charge is 0.178 e. The molecule has 8 heteroatoms. The molecule has 272 valence electrons. The van der Waals surface area contributed by atoms with E-state index in [1.807, 2.05) is 72.8 Å². The lowest BCUT2D eigenvalue weighted by Gasteiger charge is -2.23. The fourth-order valence-electron chi connectivity index (χ4n) is 8.34. The summed E-state index contributed by atoms with van der Waals surface area (Å²) in [5.74, 6) is 1.78. The molecule has 0 unspecified atom stereocenters. The van der Waals surface area contributed by atoms with E-state index < -0.39 is 23.4 Å². The number of aromatic hydroxyl groups is 1. The predicted molar refractivity (Wildman–Crippen MR) is 213 cm³/mol. The molecule has 0 saturated carbocycles. The summed E-state index contributed by atoms with van der Waals surface area (Å²) in [6.45, 7) is 8.57. The number of aliphatic hydroxyl groups is 4. The highest BCUT2D eigenvalue weighted by atomic mass is 16.5. The van der Waals surface area contributed by atoms with Crippen LogP contribution in [0.3, 0.4) is 0 Å². The van der Waals surface area contributed by atoms with Crippen molar-refractivity contribution in [3.63, 3.8) is 0 Å². The number of hydrogen-bond acceptors (Lipinski definition) is 8. The molecule has 0 fully saturated rings. The Bertz CT molecular complexity index is 2530. The fraction of sp³-hybridized carbons (Fsp3) is 0.170. The number of rotatable bonds is 6. The van der Waals surface area contributed by atoms with Gasteiger partial charge in [-0.25, -0.2) is 15.0 Å². The first-order valence-electron chi connectivity index (χ1n) is 18.3. The van der Waals surface area contributed by atoms with Gasteiger partial charge in [-0.3, -0.25) is 0 Å². The van der Waals surface area contributed by atoms with Gasteiger partial charge in [0.2, 0.25) is 0 Å². The van der Waals surface area contributed by atoms with Crippen LogP contribution in [0.15, 0.2) is 121 Å². The van der Waals surface area contributed by atoms with Gasteiger partial charge in [-0.15, -0.1) is 0 Å². The van der Waals surface area contributed by atoms with Crippen molar-refractivity contribution in [1.82, 2.24) is 15.0 Å². The van der Waals surface area contributed by atoms with Crippen LogP contribution in [-0.2, 0) is 10.8 Å². The highest BCUT2D eigenvalue weighted by molar-refractivity contribution is 5.85. The molecule has 0 saturated heterocycles. The predicted octanol–water partition coefficient (Wildman–Crippen LogP) is 8.82. The van der Waals surface area contributed by atoms with E-state index in [9.17, 15) is 25.5 Å². The summed E-state index contributed by atoms with van der Waals surface area (Å²) in [7, 11) is 0. The maximum atomic E-state index is 9.92. The molecule has 1 heterocycles. The first-order valence-corrected chi connectivity index (χ1v) is 18.3. The van der Waals surface area contributed by atoms with Crippen molar-refractivity contribution in [2.24, 2.45) is 0 Å². The number of nitrogens with zero attached hydrogens (tertiary/aromatic N) is 3. The Morgan fingerprint density at radius 1 is 0.382 bits per heavy atom. The third-order valence-electron chi connectivity index (χ3n) is 11.5. The lowest BCUT2D eigenvalue weighted by Crippen LogP contribution is -2.16. The zero-order valence-electron chi connectivity index (χ0n) is 30.8. The number of aliphatic hydroxyl groups excluding tert-OH is 2. The molecule has 9 rings (SSSR count). The van der Waals surface area contributed by atoms with Gasteiger partial charge in [-0.05, 0) is 92.0 Å². The highest BCUT2D eigenvalue weighted by Gasteiger charge is 2.38. The molecule has 2 aliphatic carbocycles. The average molecular weight is 726 g/mol. The number of hydrogen-bond donors (Lipinski definition) is 5. The van der Waals surface area contributed by atoms with Crippen LogP contribution < -0.4 is 0 Å². The Morgan fingerprint density at radius 2 is 0.691 bits per heavy atom. The van der Waals surface area contributed by atoms with Gasteiger partial charge in [-0.1, -0.05) is 113 Å². The highest BCUT2D eigenvalue weighted by Crippen LogP contribution is 2.51. The molecule has 0 amide bonds. The number of phenolic OH excluding ortho intramolecular Hbond substituents is 1. The Balaban J connectivity index is 1.17. The second kappa shape index (κ2) is 12.5. The van der Waals surface area contributed by atoms with Crippen molar-refractivity contribution in [3.8, 4) is 73.3 Å². The average Bonchev–Trinajstić information content (AvgIpc) is 3.56. The quantitative estimate of drug-likeness (QED) is 0.107. The summed E-state index contributed by atoms with van der Waals surface area (Å²) >= 11 is 0. The van der Waals surface area contributed by atoms with Gasteiger partial charge in [0.15, 0.2) is 30.1 Å². The van der Waals surface area contributed by atoms with Crippen LogP contribution >= 0.6 is 0 Å². The van der Waals surface area contributed by atoms with Crippen molar-refractivity contribution in [3.05, 3.63) is 155 Å². The van der Waals surface area contributed by atoms with Crippen molar-refractivity contribution >= 4 is 0 Å². The van der Waals surface area contributed by atoms with Crippen LogP contribution in [0.5, 0.6) is 5.75 Å². The van der Waals surface area contributed by atoms with Gasteiger partial charge in [0.05, 0.1) is 0 Å². The van der Waals surface area contributed by atoms with Crippen LogP contribution in [0.4, 0.5) is 0 Å². The molecule has 7 aromatic rings. The van der Waals surface area contributed by atoms with E-state index in [0.29, 0.717) is 28.6 Å². The summed E-state index contributed by atoms with van der Waals surface area (Å²) in [5.41, 5.74) is 13.1. The molecule has 6 aromatic carbocycles. The van der Waals surface area contributed by atoms with Crippen molar-refractivity contribution in [2.75, 3.05) is 0 Å². The third kappa shape index (κ3) is 5.65. The largest absolute Gasteiger partial charge is 0.508 e. The zero-order chi connectivity index (χ0) is 38.4. The van der Waals surface area contributed by atoms with Crippen LogP contribution in [-0.4, -0.2) is 40.5 Å². The third-order valence-corrected chi connectivity index (χ3v) is 11.5. The van der Waals surface area contributed by atoms with E-state index in [2.05, 4.69) is 52.0 Å². The monoisotopic (exact) mass is 725 g/mol. The van der Waals surface area contributed by atoms with Crippen LogP contribution in [0, 0.1) is 0 Å². The fourth-order valence-corrected chi connectivity index (χ4v) is 8.34. The minimum atomic E-state index is -1.55. The van der Waals surface area contributed by atoms with Gasteiger partial charge >= 0.3 is 0 Å². The van der Waals surface area contributed by atoms with E-state index in [4.69, 9.17) is 15.0 Å². The standard InChI is InChI=1S/C47H39N3O5/c1-46(2)37-21-28(11-17-33(37)35-19-13-30(44(52)53)23-39(35)46)42-48-41(27-7-5-25(6-8-27)26-9-15-32(51)16-10-26)49-43(50-42)29-12-18-34-36-20-14-31(45(54)55)24-40(36)47(3,4)38(34)22-29/h5-24,44-45,51-55H,1-4H3. The molecule has 0 spiro atoms. The lowest BCUT2D eigenvalue weighted by atomic mass is 9.81. The van der Waals surface area contributed by atoms with Gasteiger partial charge in [0.1, 0.15) is 5.75 Å². The molecule has 0 radical (unpaired) electrons. The Kier molecular flexibility index (Phi) is 7.90. The summed E-state index contributed by atoms with van der Waals surface area (Å²) in [5, 5.41) is 49.5. The van der Waals surface area contributed by atoms with Gasteiger partial charge in [0.25, 0.3) is 0 Å². The molecular weight excluding hydrogens is 687 g/mol. The van der Waals surface area contributed by atoms with E-state index in [0.717, 1.165) is 72.3 Å². The van der Waals surface area contributed by atoms with E-state index in [-0.39, 0.29) is 5.75 Å². The van der Waals surface area contributed by atoms with Crippen LogP contribution in [0.25, 0.3) is 67.5 Å². The van der Waals surface area contributed by atoms with E-state index in [1.165, 1.54) is 0 Å². The molecule has 8 nitrogen and oxygen atoms in total. The lowest BCUT2D eigenvalue weighted by molar-refractivity contribution is -0.0431. The molecule has 2 aliphatic rings. The number of aromatic nitrogens is 3. The first-order chi connectivity index (χ1) is 26.3. The summed E-state index contributed by atoms with van der Waals surface area (Å²) < 4.78 is 0. The molecular formula is C47H39N3O5. The number of phenols is 1. The van der Waals surface area contributed by atoms with Gasteiger partial charge in [-0.2, -0.15) is 0 Å². The molecule has 0 bridgehead atoms. The molecule has 55 heavy (non-hydrogen) atoms. The summed E-state index contributed by atoms with van der Waals surface area (Å²) in [6.07, 6.45) is -3.11. The SMILES string of the molecule is CC1(C)c2cc(-c3nc(-c4ccc(-c5ccc(O)cc5)cc4)nc(-c4ccc5c(c4)C(C)(C)c4cc(C(O)O)ccc4-5)n3)ccc2-c2ccc(C(O)O)cc21. The number of benzene rings is 6. The Morgan fingerprint density at radius 3 is 1.09 bits per heavy atom. The molecule has 0 atom stereocenters. The first kappa shape index (κ1) is 34.7. The maximum Gasteiger partial charge on any atom is 0.178 e. The van der Waals surface area contributed by atoms with Crippen molar-refractivity contribution < 1.29 is 25.5 Å². The Labute approximate surface area is 318 Å². The normalized spacial score (nSPS) is 14.5. The second-order valence-corrected chi connectivity index (χ2v) is 15.6. The Hall–Kier alpha value is -6.03. The van der Waals surface area contributed by atoms with Crippen molar-refractivity contribution in [1.29, 1.82) is 0 Å². The molecule has 5 N–H and O–H groups in total. The minimum absolute atomic E-state index is 0.214. The minimum Gasteiger partial charge on any atom is -0.508 e. The number of fused-ring (bicyclic) bond motifs is 6.